The summed E-state index contributed by atoms with van der Waals surface area (Å²) in [6, 6.07) is 0. The second kappa shape index (κ2) is 9.33. The Bertz CT molecular complexity index is 917. The van der Waals surface area contributed by atoms with Gasteiger partial charge in [-0.3, -0.25) is 9.29 Å². The number of nitrogens with zero attached hydrogens (tertiary/aromatic N) is 5. The third-order valence-corrected chi connectivity index (χ3v) is 6.96. The Balaban J connectivity index is 1.83. The smallest absolute Gasteiger partial charge is 0.240 e. The summed E-state index contributed by atoms with van der Waals surface area (Å²) in [6.07, 6.45) is 5.09. The molecule has 12 heteroatoms. The fourth-order valence-electron chi connectivity index (χ4n) is 3.12. The van der Waals surface area contributed by atoms with E-state index in [2.05, 4.69) is 24.9 Å². The van der Waals surface area contributed by atoms with Crippen LogP contribution in [0.2, 0.25) is 5.02 Å². The van der Waals surface area contributed by atoms with E-state index in [0.717, 1.165) is 25.1 Å². The Labute approximate surface area is 175 Å². The van der Waals surface area contributed by atoms with Gasteiger partial charge in [0.2, 0.25) is 16.0 Å². The lowest BCUT2D eigenvalue weighted by Gasteiger charge is -2.25. The Morgan fingerprint density at radius 3 is 2.52 bits per heavy atom. The molecule has 0 aromatic carbocycles. The predicted molar refractivity (Wildman–Crippen MR) is 107 cm³/mol. The molecule has 0 amide bonds. The molecule has 1 N–H and O–H groups in total. The molecule has 0 radical (unpaired) electrons. The molecule has 2 aromatic heterocycles. The van der Waals surface area contributed by atoms with Gasteiger partial charge in [-0.25, -0.2) is 18.4 Å². The number of methoxy groups -OCH3 is 2. The van der Waals surface area contributed by atoms with Crippen LogP contribution in [0.25, 0.3) is 0 Å². The van der Waals surface area contributed by atoms with E-state index in [1.807, 2.05) is 0 Å². The zero-order chi connectivity index (χ0) is 21.0. The fraction of sp³-hybridized carbons (Fsp3) is 0.647. The minimum Gasteiger partial charge on any atom is -0.383 e. The average molecular weight is 445 g/mol. The maximum Gasteiger partial charge on any atom is 0.240 e. The number of sulfonamides is 1. The number of halogens is 1. The SMILES string of the molecule is COCCn1c(NS(=O)(=O)C(C)C(OC)c2ncc(Cl)cn2)nnc1C1CCC1. The van der Waals surface area contributed by atoms with Crippen molar-refractivity contribution in [1.29, 1.82) is 0 Å². The number of anilines is 1. The Hall–Kier alpha value is -1.82. The zero-order valence-corrected chi connectivity index (χ0v) is 18.1. The molecular formula is C17H25ClN6O4S. The van der Waals surface area contributed by atoms with Crippen LogP contribution in [0.3, 0.4) is 0 Å². The molecule has 1 saturated carbocycles. The van der Waals surface area contributed by atoms with Crippen LogP contribution in [-0.2, 0) is 26.0 Å². The second-order valence-corrected chi connectivity index (χ2v) is 9.40. The highest BCUT2D eigenvalue weighted by Gasteiger charge is 2.35. The average Bonchev–Trinajstić information content (AvgIpc) is 3.02. The number of aromatic nitrogens is 5. The third kappa shape index (κ3) is 4.85. The van der Waals surface area contributed by atoms with Gasteiger partial charge in [0.05, 0.1) is 18.2 Å². The number of hydrogen-bond donors (Lipinski definition) is 1. The zero-order valence-electron chi connectivity index (χ0n) is 16.6. The van der Waals surface area contributed by atoms with Crippen molar-refractivity contribution in [3.05, 3.63) is 29.1 Å². The molecule has 0 spiro atoms. The number of ether oxygens (including phenoxy) is 2. The van der Waals surface area contributed by atoms with E-state index in [1.54, 1.807) is 11.7 Å². The van der Waals surface area contributed by atoms with Crippen LogP contribution in [0.4, 0.5) is 5.95 Å². The van der Waals surface area contributed by atoms with E-state index in [4.69, 9.17) is 21.1 Å². The van der Waals surface area contributed by atoms with Crippen LogP contribution in [0, 0.1) is 0 Å². The maximum absolute atomic E-state index is 13.0. The molecule has 1 aliphatic rings. The fourth-order valence-corrected chi connectivity index (χ4v) is 4.37. The lowest BCUT2D eigenvalue weighted by atomic mass is 9.85. The lowest BCUT2D eigenvalue weighted by Crippen LogP contribution is -2.33. The Morgan fingerprint density at radius 1 is 1.28 bits per heavy atom. The molecule has 1 fully saturated rings. The van der Waals surface area contributed by atoms with Gasteiger partial charge < -0.3 is 9.47 Å². The summed E-state index contributed by atoms with van der Waals surface area (Å²) in [5, 5.41) is 7.68. The predicted octanol–water partition coefficient (Wildman–Crippen LogP) is 2.15. The molecule has 0 bridgehead atoms. The molecule has 1 aliphatic carbocycles. The molecule has 2 heterocycles. The van der Waals surface area contributed by atoms with Crippen molar-refractivity contribution in [3.63, 3.8) is 0 Å². The summed E-state index contributed by atoms with van der Waals surface area (Å²) in [7, 11) is -0.885. The van der Waals surface area contributed by atoms with Gasteiger partial charge in [0.15, 0.2) is 5.82 Å². The summed E-state index contributed by atoms with van der Waals surface area (Å²) in [5.41, 5.74) is 0. The number of rotatable bonds is 10. The first-order valence-electron chi connectivity index (χ1n) is 9.31. The van der Waals surface area contributed by atoms with Crippen LogP contribution in [-0.4, -0.2) is 59.2 Å². The molecule has 3 rings (SSSR count). The Morgan fingerprint density at radius 2 is 1.97 bits per heavy atom. The van der Waals surface area contributed by atoms with Gasteiger partial charge in [-0.15, -0.1) is 10.2 Å². The van der Waals surface area contributed by atoms with Crippen molar-refractivity contribution in [2.75, 3.05) is 25.5 Å². The lowest BCUT2D eigenvalue weighted by molar-refractivity contribution is 0.0950. The van der Waals surface area contributed by atoms with E-state index >= 15 is 0 Å². The van der Waals surface area contributed by atoms with E-state index in [0.29, 0.717) is 24.1 Å². The van der Waals surface area contributed by atoms with Crippen molar-refractivity contribution < 1.29 is 17.9 Å². The highest BCUT2D eigenvalue weighted by Crippen LogP contribution is 2.36. The van der Waals surface area contributed by atoms with Gasteiger partial charge in [-0.05, 0) is 19.8 Å². The molecule has 0 saturated heterocycles. The highest BCUT2D eigenvalue weighted by atomic mass is 35.5. The molecular weight excluding hydrogens is 420 g/mol. The van der Waals surface area contributed by atoms with Gasteiger partial charge in [-0.2, -0.15) is 0 Å². The maximum atomic E-state index is 13.0. The number of hydrogen-bond acceptors (Lipinski definition) is 8. The Kier molecular flexibility index (Phi) is 7.04. The minimum atomic E-state index is -3.88. The van der Waals surface area contributed by atoms with Gasteiger partial charge in [0.1, 0.15) is 17.2 Å². The van der Waals surface area contributed by atoms with E-state index in [9.17, 15) is 8.42 Å². The van der Waals surface area contributed by atoms with Crippen molar-refractivity contribution in [1.82, 2.24) is 24.7 Å². The van der Waals surface area contributed by atoms with Crippen LogP contribution < -0.4 is 4.72 Å². The van der Waals surface area contributed by atoms with Crippen LogP contribution in [0.1, 0.15) is 49.9 Å². The molecule has 29 heavy (non-hydrogen) atoms. The van der Waals surface area contributed by atoms with Gasteiger partial charge >= 0.3 is 0 Å². The molecule has 160 valence electrons. The first kappa shape index (κ1) is 21.9. The quantitative estimate of drug-likeness (QED) is 0.591. The largest absolute Gasteiger partial charge is 0.383 e. The summed E-state index contributed by atoms with van der Waals surface area (Å²) in [6.45, 7) is 2.40. The summed E-state index contributed by atoms with van der Waals surface area (Å²) in [4.78, 5) is 8.17. The first-order chi connectivity index (χ1) is 13.9. The first-order valence-corrected chi connectivity index (χ1v) is 11.2. The van der Waals surface area contributed by atoms with Crippen molar-refractivity contribution >= 4 is 27.6 Å². The summed E-state index contributed by atoms with van der Waals surface area (Å²) in [5.74, 6) is 1.47. The summed E-state index contributed by atoms with van der Waals surface area (Å²) >= 11 is 5.82. The van der Waals surface area contributed by atoms with E-state index in [-0.39, 0.29) is 11.8 Å². The molecule has 2 unspecified atom stereocenters. The monoisotopic (exact) mass is 444 g/mol. The standard InChI is InChI=1S/C17H25ClN6O4S/c1-11(14(28-3)15-19-9-13(18)10-20-15)29(25,26)23-17-22-21-16(12-5-4-6-12)24(17)7-8-27-2/h9-12,14H,4-8H2,1-3H3,(H,22,23). The van der Waals surface area contributed by atoms with Crippen LogP contribution in [0.15, 0.2) is 12.4 Å². The normalized spacial score (nSPS) is 17.0. The minimum absolute atomic E-state index is 0.169. The topological polar surface area (TPSA) is 121 Å². The van der Waals surface area contributed by atoms with Crippen LogP contribution in [0.5, 0.6) is 0 Å². The number of nitrogens with one attached hydrogen (secondary N) is 1. The summed E-state index contributed by atoms with van der Waals surface area (Å²) < 4.78 is 41.0. The van der Waals surface area contributed by atoms with Gasteiger partial charge in [0, 0.05) is 32.5 Å². The third-order valence-electron chi connectivity index (χ3n) is 5.07. The van der Waals surface area contributed by atoms with Crippen molar-refractivity contribution in [2.24, 2.45) is 0 Å². The highest BCUT2D eigenvalue weighted by molar-refractivity contribution is 7.93. The van der Waals surface area contributed by atoms with Crippen molar-refractivity contribution in [2.45, 2.75) is 50.0 Å². The van der Waals surface area contributed by atoms with Crippen molar-refractivity contribution in [3.8, 4) is 0 Å². The van der Waals surface area contributed by atoms with Gasteiger partial charge in [-0.1, -0.05) is 18.0 Å². The molecule has 2 atom stereocenters. The molecule has 0 aliphatic heterocycles. The molecule has 10 nitrogen and oxygen atoms in total. The second-order valence-electron chi connectivity index (χ2n) is 6.92. The van der Waals surface area contributed by atoms with E-state index in [1.165, 1.54) is 26.4 Å². The van der Waals surface area contributed by atoms with Crippen LogP contribution >= 0.6 is 11.6 Å². The van der Waals surface area contributed by atoms with E-state index < -0.39 is 21.4 Å². The molecule has 2 aromatic rings. The van der Waals surface area contributed by atoms with Gasteiger partial charge in [0.25, 0.3) is 0 Å².